The monoisotopic (exact) mass is 490 g/mol. The summed E-state index contributed by atoms with van der Waals surface area (Å²) in [4.78, 5) is 30.6. The van der Waals surface area contributed by atoms with Crippen molar-refractivity contribution in [3.8, 4) is 0 Å². The number of aromatic nitrogens is 2. The highest BCUT2D eigenvalue weighted by Gasteiger charge is 2.23. The molecular formula is C21H27BrN6O3. The predicted octanol–water partition coefficient (Wildman–Crippen LogP) is 4.17. The van der Waals surface area contributed by atoms with E-state index in [1.807, 2.05) is 25.1 Å². The van der Waals surface area contributed by atoms with Crippen molar-refractivity contribution in [1.82, 2.24) is 15.3 Å². The maximum absolute atomic E-state index is 11.4. The second-order valence-electron chi connectivity index (χ2n) is 7.86. The number of amides is 1. The van der Waals surface area contributed by atoms with Crippen LogP contribution in [0.2, 0.25) is 0 Å². The Balaban J connectivity index is 1.62. The van der Waals surface area contributed by atoms with Crippen LogP contribution in [0, 0.1) is 23.0 Å². The van der Waals surface area contributed by atoms with E-state index in [0.717, 1.165) is 41.3 Å². The first-order chi connectivity index (χ1) is 14.8. The number of hydrogen-bond donors (Lipinski definition) is 3. The van der Waals surface area contributed by atoms with Gasteiger partial charge in [-0.3, -0.25) is 14.9 Å². The van der Waals surface area contributed by atoms with Gasteiger partial charge in [-0.1, -0.05) is 28.1 Å². The van der Waals surface area contributed by atoms with Crippen molar-refractivity contribution in [2.75, 3.05) is 17.2 Å². The van der Waals surface area contributed by atoms with Crippen molar-refractivity contribution in [2.45, 2.75) is 52.1 Å². The highest BCUT2D eigenvalue weighted by molar-refractivity contribution is 9.10. The second kappa shape index (κ2) is 10.5. The molecule has 1 aliphatic rings. The number of anilines is 2. The van der Waals surface area contributed by atoms with Gasteiger partial charge < -0.3 is 16.0 Å². The first kappa shape index (κ1) is 22.9. The molecule has 3 rings (SSSR count). The standard InChI is InChI=1S/C21H27BrN6O3/c1-13-16(4-3-5-18(13)22)11-24-21-25-12-19(28(30)31)20(27-21)23-10-15-6-8-17(9-7-15)26-14(2)29/h3-5,12,15,17H,6-11H2,1-2H3,(H,26,29)(H2,23,24,25,27)/t15-,17-. The molecule has 9 nitrogen and oxygen atoms in total. The number of nitrogens with one attached hydrogen (secondary N) is 3. The Labute approximate surface area is 189 Å². The lowest BCUT2D eigenvalue weighted by atomic mass is 9.86. The fourth-order valence-corrected chi connectivity index (χ4v) is 4.19. The SMILES string of the molecule is CC(=O)N[C@H]1CC[C@H](CNc2nc(NCc3cccc(Br)c3C)ncc2[N+](=O)[O-])CC1. The molecule has 1 heterocycles. The van der Waals surface area contributed by atoms with Crippen LogP contribution in [-0.4, -0.2) is 33.4 Å². The van der Waals surface area contributed by atoms with Crippen LogP contribution in [0.4, 0.5) is 17.5 Å². The molecule has 10 heteroatoms. The van der Waals surface area contributed by atoms with Gasteiger partial charge in [-0.25, -0.2) is 4.98 Å². The van der Waals surface area contributed by atoms with Crippen LogP contribution < -0.4 is 16.0 Å². The van der Waals surface area contributed by atoms with Gasteiger partial charge >= 0.3 is 5.69 Å². The molecule has 0 saturated heterocycles. The molecule has 1 aliphatic carbocycles. The topological polar surface area (TPSA) is 122 Å². The van der Waals surface area contributed by atoms with Crippen molar-refractivity contribution in [3.63, 3.8) is 0 Å². The van der Waals surface area contributed by atoms with Gasteiger partial charge in [0.2, 0.25) is 17.7 Å². The van der Waals surface area contributed by atoms with Gasteiger partial charge in [0.1, 0.15) is 6.20 Å². The predicted molar refractivity (Wildman–Crippen MR) is 123 cm³/mol. The summed E-state index contributed by atoms with van der Waals surface area (Å²) < 4.78 is 1.02. The lowest BCUT2D eigenvalue weighted by molar-refractivity contribution is -0.384. The van der Waals surface area contributed by atoms with Crippen LogP contribution in [0.3, 0.4) is 0 Å². The zero-order valence-electron chi connectivity index (χ0n) is 17.7. The van der Waals surface area contributed by atoms with Gasteiger partial charge in [0.05, 0.1) is 4.92 Å². The van der Waals surface area contributed by atoms with Crippen LogP contribution in [0.5, 0.6) is 0 Å². The average molecular weight is 491 g/mol. The lowest BCUT2D eigenvalue weighted by Crippen LogP contribution is -2.37. The fourth-order valence-electron chi connectivity index (χ4n) is 3.78. The molecular weight excluding hydrogens is 464 g/mol. The minimum atomic E-state index is -0.474. The Morgan fingerprint density at radius 3 is 2.68 bits per heavy atom. The third-order valence-corrected chi connectivity index (χ3v) is 6.45. The summed E-state index contributed by atoms with van der Waals surface area (Å²) in [5.41, 5.74) is 2.06. The quantitative estimate of drug-likeness (QED) is 0.374. The molecule has 0 spiro atoms. The number of halogens is 1. The molecule has 0 radical (unpaired) electrons. The number of nitro groups is 1. The van der Waals surface area contributed by atoms with Gasteiger partial charge in [-0.05, 0) is 55.7 Å². The summed E-state index contributed by atoms with van der Waals surface area (Å²) in [7, 11) is 0. The number of rotatable bonds is 8. The average Bonchev–Trinajstić information content (AvgIpc) is 2.74. The molecule has 2 aromatic rings. The molecule has 3 N–H and O–H groups in total. The third-order valence-electron chi connectivity index (χ3n) is 5.60. The summed E-state index contributed by atoms with van der Waals surface area (Å²) in [5.74, 6) is 0.927. The number of nitrogens with zero attached hydrogens (tertiary/aromatic N) is 3. The largest absolute Gasteiger partial charge is 0.364 e. The van der Waals surface area contributed by atoms with Crippen molar-refractivity contribution >= 4 is 39.3 Å². The molecule has 0 unspecified atom stereocenters. The summed E-state index contributed by atoms with van der Waals surface area (Å²) in [5, 5.41) is 20.7. The maximum atomic E-state index is 11.4. The summed E-state index contributed by atoms with van der Waals surface area (Å²) in [6.07, 6.45) is 4.96. The number of benzene rings is 1. The molecule has 0 atom stereocenters. The van der Waals surface area contributed by atoms with Crippen molar-refractivity contribution in [3.05, 3.63) is 50.1 Å². The molecule has 1 aromatic carbocycles. The third kappa shape index (κ3) is 6.36. The van der Waals surface area contributed by atoms with Crippen molar-refractivity contribution in [1.29, 1.82) is 0 Å². The molecule has 1 saturated carbocycles. The van der Waals surface area contributed by atoms with Gasteiger partial charge in [-0.15, -0.1) is 0 Å². The van der Waals surface area contributed by atoms with E-state index in [1.54, 1.807) is 0 Å². The highest BCUT2D eigenvalue weighted by atomic mass is 79.9. The Kier molecular flexibility index (Phi) is 7.78. The molecule has 0 bridgehead atoms. The first-order valence-corrected chi connectivity index (χ1v) is 11.1. The zero-order chi connectivity index (χ0) is 22.4. The van der Waals surface area contributed by atoms with E-state index < -0.39 is 4.92 Å². The molecule has 31 heavy (non-hydrogen) atoms. The van der Waals surface area contributed by atoms with Crippen molar-refractivity contribution < 1.29 is 9.72 Å². The highest BCUT2D eigenvalue weighted by Crippen LogP contribution is 2.27. The van der Waals surface area contributed by atoms with Crippen molar-refractivity contribution in [2.24, 2.45) is 5.92 Å². The molecule has 1 fully saturated rings. The Morgan fingerprint density at radius 1 is 1.26 bits per heavy atom. The minimum absolute atomic E-state index is 0.00345. The van der Waals surface area contributed by atoms with E-state index >= 15 is 0 Å². The van der Waals surface area contributed by atoms with Gasteiger partial charge in [0.15, 0.2) is 0 Å². The van der Waals surface area contributed by atoms with Crippen LogP contribution in [-0.2, 0) is 11.3 Å². The maximum Gasteiger partial charge on any atom is 0.329 e. The first-order valence-electron chi connectivity index (χ1n) is 10.3. The van der Waals surface area contributed by atoms with Gasteiger partial charge in [0.25, 0.3) is 0 Å². The smallest absolute Gasteiger partial charge is 0.329 e. The van der Waals surface area contributed by atoms with E-state index in [2.05, 4.69) is 41.8 Å². The number of carbonyl (C=O) groups excluding carboxylic acids is 1. The number of hydrogen-bond acceptors (Lipinski definition) is 7. The van der Waals surface area contributed by atoms with Crippen LogP contribution >= 0.6 is 15.9 Å². The Hall–Kier alpha value is -2.75. The van der Waals surface area contributed by atoms with Gasteiger partial charge in [-0.2, -0.15) is 4.98 Å². The van der Waals surface area contributed by atoms with E-state index in [9.17, 15) is 14.9 Å². The Bertz CT molecular complexity index is 947. The lowest BCUT2D eigenvalue weighted by Gasteiger charge is -2.29. The number of carbonyl (C=O) groups is 1. The summed E-state index contributed by atoms with van der Waals surface area (Å²) in [6, 6.07) is 6.17. The van der Waals surface area contributed by atoms with Crippen LogP contribution in [0.25, 0.3) is 0 Å². The van der Waals surface area contributed by atoms with E-state index in [4.69, 9.17) is 0 Å². The molecule has 1 amide bonds. The fraction of sp³-hybridized carbons (Fsp3) is 0.476. The Morgan fingerprint density at radius 2 is 2.00 bits per heavy atom. The molecule has 166 valence electrons. The van der Waals surface area contributed by atoms with Crippen LogP contribution in [0.15, 0.2) is 28.9 Å². The summed E-state index contributed by atoms with van der Waals surface area (Å²) >= 11 is 3.52. The summed E-state index contributed by atoms with van der Waals surface area (Å²) in [6.45, 7) is 4.65. The second-order valence-corrected chi connectivity index (χ2v) is 8.72. The van der Waals surface area contributed by atoms with Crippen LogP contribution in [0.1, 0.15) is 43.7 Å². The van der Waals surface area contributed by atoms with E-state index in [1.165, 1.54) is 13.1 Å². The zero-order valence-corrected chi connectivity index (χ0v) is 19.2. The van der Waals surface area contributed by atoms with E-state index in [0.29, 0.717) is 25.0 Å². The normalized spacial score (nSPS) is 18.3. The minimum Gasteiger partial charge on any atom is -0.364 e. The molecule has 0 aliphatic heterocycles. The van der Waals surface area contributed by atoms with E-state index in [-0.39, 0.29) is 23.5 Å². The molecule has 1 aromatic heterocycles. The van der Waals surface area contributed by atoms with Gasteiger partial charge in [0, 0.05) is 30.5 Å².